The summed E-state index contributed by atoms with van der Waals surface area (Å²) >= 11 is 1.78. The minimum Gasteiger partial charge on any atom is -0.489 e. The highest BCUT2D eigenvalue weighted by Crippen LogP contribution is 2.21. The zero-order valence-electron chi connectivity index (χ0n) is 11.8. The number of hydrogen-bond donors (Lipinski definition) is 1. The Bertz CT molecular complexity index is 507. The lowest BCUT2D eigenvalue weighted by atomic mass is 10.1. The normalized spacial score (nSPS) is 12.4. The van der Waals surface area contributed by atoms with Crippen LogP contribution in [0.5, 0.6) is 5.75 Å². The first-order chi connectivity index (χ1) is 9.16. The maximum atomic E-state index is 5.99. The highest BCUT2D eigenvalue weighted by atomic mass is 32.1. The van der Waals surface area contributed by atoms with E-state index in [1.165, 1.54) is 16.0 Å². The van der Waals surface area contributed by atoms with E-state index in [-0.39, 0.29) is 6.10 Å². The highest BCUT2D eigenvalue weighted by molar-refractivity contribution is 7.09. The average molecular weight is 275 g/mol. The molecule has 3 heteroatoms. The van der Waals surface area contributed by atoms with Crippen molar-refractivity contribution in [2.24, 2.45) is 0 Å². The van der Waals surface area contributed by atoms with Crippen molar-refractivity contribution in [2.75, 3.05) is 6.54 Å². The van der Waals surface area contributed by atoms with E-state index in [2.05, 4.69) is 49.7 Å². The number of nitrogens with one attached hydrogen (secondary N) is 1. The number of rotatable bonds is 6. The van der Waals surface area contributed by atoms with Gasteiger partial charge in [0.15, 0.2) is 0 Å². The third-order valence-corrected chi connectivity index (χ3v) is 4.07. The van der Waals surface area contributed by atoms with Crippen molar-refractivity contribution < 1.29 is 4.74 Å². The molecule has 1 N–H and O–H groups in total. The molecule has 0 saturated carbocycles. The Balaban J connectivity index is 1.80. The third-order valence-electron chi connectivity index (χ3n) is 3.19. The van der Waals surface area contributed by atoms with Crippen molar-refractivity contribution in [3.05, 3.63) is 51.7 Å². The predicted molar refractivity (Wildman–Crippen MR) is 82.0 cm³/mol. The van der Waals surface area contributed by atoms with E-state index in [0.29, 0.717) is 0 Å². The smallest absolute Gasteiger partial charge is 0.122 e. The molecule has 0 aliphatic rings. The molecule has 0 radical (unpaired) electrons. The molecule has 2 rings (SSSR count). The average Bonchev–Trinajstić information content (AvgIpc) is 2.88. The zero-order chi connectivity index (χ0) is 13.7. The Hall–Kier alpha value is -1.32. The van der Waals surface area contributed by atoms with Crippen LogP contribution in [0, 0.1) is 13.8 Å². The minimum atomic E-state index is 0.167. The molecule has 2 nitrogen and oxygen atoms in total. The largest absolute Gasteiger partial charge is 0.489 e. The van der Waals surface area contributed by atoms with E-state index in [0.717, 1.165) is 18.8 Å². The summed E-state index contributed by atoms with van der Waals surface area (Å²) in [5.41, 5.74) is 2.50. The van der Waals surface area contributed by atoms with Gasteiger partial charge in [-0.3, -0.25) is 0 Å². The Kier molecular flexibility index (Phi) is 5.00. The molecule has 0 saturated heterocycles. The molecule has 1 aromatic carbocycles. The van der Waals surface area contributed by atoms with E-state index in [4.69, 9.17) is 4.74 Å². The van der Waals surface area contributed by atoms with Crippen LogP contribution in [-0.4, -0.2) is 12.6 Å². The minimum absolute atomic E-state index is 0.167. The van der Waals surface area contributed by atoms with Gasteiger partial charge >= 0.3 is 0 Å². The van der Waals surface area contributed by atoms with Gasteiger partial charge < -0.3 is 10.1 Å². The van der Waals surface area contributed by atoms with E-state index < -0.39 is 0 Å². The van der Waals surface area contributed by atoms with Gasteiger partial charge in [-0.1, -0.05) is 18.2 Å². The lowest BCUT2D eigenvalue weighted by molar-refractivity contribution is 0.215. The van der Waals surface area contributed by atoms with Gasteiger partial charge in [0.05, 0.1) is 0 Å². The zero-order valence-corrected chi connectivity index (χ0v) is 12.6. The summed E-state index contributed by atoms with van der Waals surface area (Å²) in [6.45, 7) is 8.09. The lowest BCUT2D eigenvalue weighted by Gasteiger charge is -2.17. The number of hydrogen-bond acceptors (Lipinski definition) is 3. The van der Waals surface area contributed by atoms with Crippen molar-refractivity contribution >= 4 is 11.3 Å². The topological polar surface area (TPSA) is 21.3 Å². The van der Waals surface area contributed by atoms with E-state index in [9.17, 15) is 0 Å². The maximum Gasteiger partial charge on any atom is 0.122 e. The van der Waals surface area contributed by atoms with Gasteiger partial charge in [0.1, 0.15) is 11.9 Å². The fourth-order valence-electron chi connectivity index (χ4n) is 1.92. The Morgan fingerprint density at radius 2 is 2.05 bits per heavy atom. The molecule has 0 spiro atoms. The number of ether oxygens (including phenoxy) is 1. The van der Waals surface area contributed by atoms with Crippen molar-refractivity contribution in [3.8, 4) is 5.75 Å². The first-order valence-electron chi connectivity index (χ1n) is 6.63. The first kappa shape index (κ1) is 14.1. The van der Waals surface area contributed by atoms with Crippen LogP contribution in [0.15, 0.2) is 35.7 Å². The second-order valence-electron chi connectivity index (χ2n) is 4.84. The summed E-state index contributed by atoms with van der Waals surface area (Å²) in [5, 5.41) is 5.53. The molecule has 0 aliphatic heterocycles. The van der Waals surface area contributed by atoms with Crippen LogP contribution in [0.1, 0.15) is 22.9 Å². The summed E-state index contributed by atoms with van der Waals surface area (Å²) in [6, 6.07) is 10.4. The molecule has 1 heterocycles. The molecule has 19 heavy (non-hydrogen) atoms. The van der Waals surface area contributed by atoms with Crippen molar-refractivity contribution in [1.82, 2.24) is 5.32 Å². The molecule has 0 amide bonds. The Morgan fingerprint density at radius 3 is 2.79 bits per heavy atom. The summed E-state index contributed by atoms with van der Waals surface area (Å²) in [6.07, 6.45) is 0.167. The van der Waals surface area contributed by atoms with Crippen molar-refractivity contribution in [1.29, 1.82) is 0 Å². The Labute approximate surface area is 119 Å². The molecule has 1 aromatic heterocycles. The van der Waals surface area contributed by atoms with Crippen molar-refractivity contribution in [3.63, 3.8) is 0 Å². The van der Waals surface area contributed by atoms with E-state index >= 15 is 0 Å². The number of aryl methyl sites for hydroxylation is 1. The molecule has 1 unspecified atom stereocenters. The fraction of sp³-hybridized carbons (Fsp3) is 0.375. The highest BCUT2D eigenvalue weighted by Gasteiger charge is 2.07. The van der Waals surface area contributed by atoms with Crippen LogP contribution in [0.2, 0.25) is 0 Å². The van der Waals surface area contributed by atoms with E-state index in [1.54, 1.807) is 11.3 Å². The standard InChI is InChI=1S/C16H21NOS/c1-12-6-4-8-16(14(12)3)18-13(2)10-17-11-15-7-5-9-19-15/h4-9,13,17H,10-11H2,1-3H3. The van der Waals surface area contributed by atoms with Crippen LogP contribution in [0.25, 0.3) is 0 Å². The van der Waals surface area contributed by atoms with Crippen LogP contribution in [0.4, 0.5) is 0 Å². The summed E-state index contributed by atoms with van der Waals surface area (Å²) in [7, 11) is 0. The summed E-state index contributed by atoms with van der Waals surface area (Å²) in [5.74, 6) is 0.991. The molecule has 102 valence electrons. The predicted octanol–water partition coefficient (Wildman–Crippen LogP) is 3.92. The first-order valence-corrected chi connectivity index (χ1v) is 7.50. The van der Waals surface area contributed by atoms with Crippen LogP contribution < -0.4 is 10.1 Å². The Morgan fingerprint density at radius 1 is 1.21 bits per heavy atom. The van der Waals surface area contributed by atoms with Gasteiger partial charge in [0, 0.05) is 18.0 Å². The van der Waals surface area contributed by atoms with Crippen molar-refractivity contribution in [2.45, 2.75) is 33.4 Å². The number of benzene rings is 1. The van der Waals surface area contributed by atoms with Gasteiger partial charge in [-0.25, -0.2) is 0 Å². The van der Waals surface area contributed by atoms with E-state index in [1.807, 2.05) is 12.1 Å². The van der Waals surface area contributed by atoms with Crippen LogP contribution >= 0.6 is 11.3 Å². The van der Waals surface area contributed by atoms with Gasteiger partial charge in [0.2, 0.25) is 0 Å². The molecule has 0 aliphatic carbocycles. The number of thiophene rings is 1. The summed E-state index contributed by atoms with van der Waals surface area (Å²) in [4.78, 5) is 1.36. The molecule has 0 fully saturated rings. The fourth-order valence-corrected chi connectivity index (χ4v) is 2.60. The molecular formula is C16H21NOS. The molecular weight excluding hydrogens is 254 g/mol. The van der Waals surface area contributed by atoms with Gasteiger partial charge in [-0.15, -0.1) is 11.3 Å². The van der Waals surface area contributed by atoms with Crippen LogP contribution in [0.3, 0.4) is 0 Å². The lowest BCUT2D eigenvalue weighted by Crippen LogP contribution is -2.28. The second kappa shape index (κ2) is 6.73. The van der Waals surface area contributed by atoms with Gasteiger partial charge in [0.25, 0.3) is 0 Å². The van der Waals surface area contributed by atoms with Gasteiger partial charge in [-0.2, -0.15) is 0 Å². The van der Waals surface area contributed by atoms with Gasteiger partial charge in [-0.05, 0) is 49.4 Å². The summed E-state index contributed by atoms with van der Waals surface area (Å²) < 4.78 is 5.99. The maximum absolute atomic E-state index is 5.99. The molecule has 2 aromatic rings. The third kappa shape index (κ3) is 4.08. The molecule has 1 atom stereocenters. The molecule has 0 bridgehead atoms. The second-order valence-corrected chi connectivity index (χ2v) is 5.87. The SMILES string of the molecule is Cc1cccc(OC(C)CNCc2cccs2)c1C. The quantitative estimate of drug-likeness (QED) is 0.862. The van der Waals surface area contributed by atoms with Crippen LogP contribution in [-0.2, 0) is 6.54 Å². The monoisotopic (exact) mass is 275 g/mol.